The first-order chi connectivity index (χ1) is 12.1. The third-order valence-corrected chi connectivity index (χ3v) is 5.16. The monoisotopic (exact) mass is 395 g/mol. The molecule has 0 unspecified atom stereocenters. The van der Waals surface area contributed by atoms with Gasteiger partial charge in [-0.1, -0.05) is 41.5 Å². The lowest BCUT2D eigenvalue weighted by atomic mass is 10.2. The molecular formula is C19H19Cl2NO2S. The van der Waals surface area contributed by atoms with Gasteiger partial charge in [0, 0.05) is 34.3 Å². The summed E-state index contributed by atoms with van der Waals surface area (Å²) >= 11 is 17.7. The smallest absolute Gasteiger partial charge is 0.119 e. The lowest BCUT2D eigenvalue weighted by molar-refractivity contribution is 0.114. The van der Waals surface area contributed by atoms with Crippen LogP contribution in [-0.2, 0) is 11.3 Å². The normalized spacial score (nSPS) is 16.6. The molecule has 2 aromatic rings. The molecule has 3 rings (SSSR count). The second-order valence-electron chi connectivity index (χ2n) is 5.86. The maximum Gasteiger partial charge on any atom is 0.119 e. The van der Waals surface area contributed by atoms with Crippen LogP contribution in [-0.4, -0.2) is 24.2 Å². The molecule has 0 saturated carbocycles. The molecule has 0 bridgehead atoms. The van der Waals surface area contributed by atoms with E-state index in [0.717, 1.165) is 47.9 Å². The highest BCUT2D eigenvalue weighted by molar-refractivity contribution is 7.80. The van der Waals surface area contributed by atoms with Crippen molar-refractivity contribution in [3.05, 3.63) is 63.6 Å². The first-order valence-corrected chi connectivity index (χ1v) is 9.35. The summed E-state index contributed by atoms with van der Waals surface area (Å²) in [7, 11) is 0. The van der Waals surface area contributed by atoms with Crippen molar-refractivity contribution in [2.45, 2.75) is 25.6 Å². The summed E-state index contributed by atoms with van der Waals surface area (Å²) in [6.45, 7) is 1.92. The van der Waals surface area contributed by atoms with Crippen LogP contribution in [0.4, 0.5) is 0 Å². The molecule has 1 aliphatic rings. The molecule has 3 nitrogen and oxygen atoms in total. The average Bonchev–Trinajstić information content (AvgIpc) is 3.13. The molecule has 0 spiro atoms. The van der Waals surface area contributed by atoms with Crippen molar-refractivity contribution in [1.29, 1.82) is 0 Å². The standard InChI is InChI=1S/C19H19Cl2NO2S/c20-17-4-1-5-18(21)16(17)12-24-14-8-6-13(7-9-14)19(25)22-11-15-3-2-10-23-15/h1,4-9,15H,2-3,10-12H2,(H,22,25)/t15-/m1/s1. The summed E-state index contributed by atoms with van der Waals surface area (Å²) in [4.78, 5) is 0.719. The van der Waals surface area contributed by atoms with Gasteiger partial charge in [-0.15, -0.1) is 0 Å². The van der Waals surface area contributed by atoms with Crippen LogP contribution in [0.2, 0.25) is 10.0 Å². The molecule has 1 N–H and O–H groups in total. The zero-order valence-electron chi connectivity index (χ0n) is 13.6. The van der Waals surface area contributed by atoms with Crippen LogP contribution in [0.25, 0.3) is 0 Å². The number of halogens is 2. The minimum atomic E-state index is 0.265. The number of nitrogens with one attached hydrogen (secondary N) is 1. The SMILES string of the molecule is S=C(NC[C@H]1CCCO1)c1ccc(OCc2c(Cl)cccc2Cl)cc1. The van der Waals surface area contributed by atoms with Gasteiger partial charge in [0.2, 0.25) is 0 Å². The highest BCUT2D eigenvalue weighted by Crippen LogP contribution is 2.26. The van der Waals surface area contributed by atoms with E-state index in [2.05, 4.69) is 5.32 Å². The summed E-state index contributed by atoms with van der Waals surface area (Å²) in [5, 5.41) is 4.47. The van der Waals surface area contributed by atoms with Crippen molar-refractivity contribution >= 4 is 40.4 Å². The van der Waals surface area contributed by atoms with E-state index in [4.69, 9.17) is 44.9 Å². The lowest BCUT2D eigenvalue weighted by Gasteiger charge is -2.13. The Bertz CT molecular complexity index is 710. The molecule has 0 aromatic heterocycles. The zero-order valence-corrected chi connectivity index (χ0v) is 16.0. The Morgan fingerprint density at radius 2 is 1.88 bits per heavy atom. The Labute approximate surface area is 163 Å². The first kappa shape index (κ1) is 18.5. The fourth-order valence-electron chi connectivity index (χ4n) is 2.64. The second-order valence-corrected chi connectivity index (χ2v) is 7.08. The third kappa shape index (κ3) is 5.08. The topological polar surface area (TPSA) is 30.5 Å². The van der Waals surface area contributed by atoms with Crippen molar-refractivity contribution in [2.24, 2.45) is 0 Å². The Hall–Kier alpha value is -1.33. The van der Waals surface area contributed by atoms with Crippen LogP contribution in [0.15, 0.2) is 42.5 Å². The number of benzene rings is 2. The minimum Gasteiger partial charge on any atom is -0.489 e. The molecule has 132 valence electrons. The van der Waals surface area contributed by atoms with Gasteiger partial charge in [0.1, 0.15) is 17.3 Å². The van der Waals surface area contributed by atoms with Gasteiger partial charge in [-0.2, -0.15) is 0 Å². The summed E-state index contributed by atoms with van der Waals surface area (Å²) in [5.41, 5.74) is 1.74. The van der Waals surface area contributed by atoms with Gasteiger partial charge in [-0.3, -0.25) is 0 Å². The van der Waals surface area contributed by atoms with Gasteiger partial charge < -0.3 is 14.8 Å². The van der Waals surface area contributed by atoms with E-state index in [9.17, 15) is 0 Å². The second kappa shape index (κ2) is 8.86. The van der Waals surface area contributed by atoms with E-state index in [0.29, 0.717) is 16.7 Å². The number of hydrogen-bond donors (Lipinski definition) is 1. The summed E-state index contributed by atoms with van der Waals surface area (Å²) in [5.74, 6) is 0.738. The minimum absolute atomic E-state index is 0.265. The maximum absolute atomic E-state index is 6.15. The molecule has 1 fully saturated rings. The molecule has 6 heteroatoms. The van der Waals surface area contributed by atoms with Crippen molar-refractivity contribution in [3.8, 4) is 5.75 Å². The van der Waals surface area contributed by atoms with Crippen molar-refractivity contribution < 1.29 is 9.47 Å². The zero-order chi connectivity index (χ0) is 17.6. The molecule has 0 radical (unpaired) electrons. The van der Waals surface area contributed by atoms with Gasteiger partial charge >= 0.3 is 0 Å². The van der Waals surface area contributed by atoms with Gasteiger partial charge in [0.05, 0.1) is 6.10 Å². The quantitative estimate of drug-likeness (QED) is 0.695. The highest BCUT2D eigenvalue weighted by atomic mass is 35.5. The maximum atomic E-state index is 6.15. The fourth-order valence-corrected chi connectivity index (χ4v) is 3.37. The molecular weight excluding hydrogens is 377 g/mol. The van der Waals surface area contributed by atoms with E-state index in [-0.39, 0.29) is 6.10 Å². The Morgan fingerprint density at radius 3 is 2.52 bits per heavy atom. The van der Waals surface area contributed by atoms with Gasteiger partial charge in [-0.25, -0.2) is 0 Å². The highest BCUT2D eigenvalue weighted by Gasteiger charge is 2.15. The molecule has 0 amide bonds. The predicted molar refractivity (Wildman–Crippen MR) is 106 cm³/mol. The van der Waals surface area contributed by atoms with Crippen LogP contribution >= 0.6 is 35.4 Å². The summed E-state index contributed by atoms with van der Waals surface area (Å²) < 4.78 is 11.4. The Kier molecular flexibility index (Phi) is 6.54. The lowest BCUT2D eigenvalue weighted by Crippen LogP contribution is -2.31. The summed E-state index contributed by atoms with van der Waals surface area (Å²) in [6.07, 6.45) is 2.48. The Morgan fingerprint density at radius 1 is 1.16 bits per heavy atom. The largest absolute Gasteiger partial charge is 0.489 e. The van der Waals surface area contributed by atoms with E-state index < -0.39 is 0 Å². The van der Waals surface area contributed by atoms with Gasteiger partial charge in [-0.05, 0) is 49.2 Å². The molecule has 1 saturated heterocycles. The molecule has 0 aliphatic carbocycles. The van der Waals surface area contributed by atoms with Crippen LogP contribution < -0.4 is 10.1 Å². The molecule has 25 heavy (non-hydrogen) atoms. The predicted octanol–water partition coefficient (Wildman–Crippen LogP) is 5.02. The van der Waals surface area contributed by atoms with Crippen LogP contribution in [0, 0.1) is 0 Å². The first-order valence-electron chi connectivity index (χ1n) is 8.19. The number of hydrogen-bond acceptors (Lipinski definition) is 3. The van der Waals surface area contributed by atoms with Crippen LogP contribution in [0.5, 0.6) is 5.75 Å². The molecule has 2 aromatic carbocycles. The van der Waals surface area contributed by atoms with Crippen LogP contribution in [0.1, 0.15) is 24.0 Å². The Balaban J connectivity index is 1.53. The third-order valence-electron chi connectivity index (χ3n) is 4.08. The van der Waals surface area contributed by atoms with E-state index in [1.165, 1.54) is 0 Å². The van der Waals surface area contributed by atoms with E-state index >= 15 is 0 Å². The molecule has 1 aliphatic heterocycles. The molecule has 1 atom stereocenters. The van der Waals surface area contributed by atoms with Crippen molar-refractivity contribution in [2.75, 3.05) is 13.2 Å². The van der Waals surface area contributed by atoms with Gasteiger partial charge in [0.25, 0.3) is 0 Å². The van der Waals surface area contributed by atoms with Crippen molar-refractivity contribution in [3.63, 3.8) is 0 Å². The van der Waals surface area contributed by atoms with E-state index in [1.54, 1.807) is 12.1 Å². The fraction of sp³-hybridized carbons (Fsp3) is 0.316. The number of thiocarbonyl (C=S) groups is 1. The van der Waals surface area contributed by atoms with Crippen LogP contribution in [0.3, 0.4) is 0 Å². The number of ether oxygens (including phenoxy) is 2. The number of rotatable bonds is 6. The van der Waals surface area contributed by atoms with E-state index in [1.807, 2.05) is 30.3 Å². The van der Waals surface area contributed by atoms with Crippen molar-refractivity contribution in [1.82, 2.24) is 5.32 Å². The van der Waals surface area contributed by atoms with Gasteiger partial charge in [0.15, 0.2) is 0 Å². The molecule has 1 heterocycles. The summed E-state index contributed by atoms with van der Waals surface area (Å²) in [6, 6.07) is 13.1. The average molecular weight is 396 g/mol.